The summed E-state index contributed by atoms with van der Waals surface area (Å²) in [6.45, 7) is 9.47. The van der Waals surface area contributed by atoms with Gasteiger partial charge in [0.2, 0.25) is 23.6 Å². The number of benzene rings is 4. The normalized spacial score (nSPS) is 19.3. The zero-order chi connectivity index (χ0) is 49.1. The van der Waals surface area contributed by atoms with Gasteiger partial charge in [0.25, 0.3) is 5.91 Å². The van der Waals surface area contributed by atoms with E-state index < -0.39 is 29.1 Å². The van der Waals surface area contributed by atoms with Gasteiger partial charge in [-0.2, -0.15) is 0 Å². The van der Waals surface area contributed by atoms with Crippen molar-refractivity contribution >= 4 is 63.2 Å². The minimum absolute atomic E-state index is 0.154. The number of nitrogens with zero attached hydrogens (tertiary/aromatic N) is 5. The first-order chi connectivity index (χ1) is 34.5. The monoisotopic (exact) mass is 965 g/mol. The Bertz CT molecular complexity index is 2810. The number of imide groups is 1. The van der Waals surface area contributed by atoms with Crippen LogP contribution in [0.15, 0.2) is 91.1 Å². The van der Waals surface area contributed by atoms with Gasteiger partial charge in [0.15, 0.2) is 0 Å². The molecular weight excluding hydrogens is 906 g/mol. The molecule has 16 nitrogen and oxygen atoms in total. The zero-order valence-electron chi connectivity index (χ0n) is 40.0. The van der Waals surface area contributed by atoms with Crippen LogP contribution < -0.4 is 35.6 Å². The van der Waals surface area contributed by atoms with Crippen LogP contribution in [0.25, 0.3) is 10.9 Å². The van der Waals surface area contributed by atoms with Gasteiger partial charge in [-0.3, -0.25) is 34.3 Å². The van der Waals surface area contributed by atoms with Crippen LogP contribution in [0.4, 0.5) is 27.1 Å². The maximum Gasteiger partial charge on any atom is 0.255 e. The van der Waals surface area contributed by atoms with E-state index >= 15 is 0 Å². The number of nitrogens with one attached hydrogen (secondary N) is 4. The van der Waals surface area contributed by atoms with Gasteiger partial charge in [-0.1, -0.05) is 6.07 Å². The van der Waals surface area contributed by atoms with E-state index in [9.17, 15) is 28.4 Å². The highest BCUT2D eigenvalue weighted by atomic mass is 19.1. The van der Waals surface area contributed by atoms with E-state index in [4.69, 9.17) is 14.5 Å². The van der Waals surface area contributed by atoms with Crippen molar-refractivity contribution in [3.05, 3.63) is 108 Å². The van der Waals surface area contributed by atoms with Gasteiger partial charge < -0.3 is 45.0 Å². The largest absolute Gasteiger partial charge is 0.495 e. The maximum absolute atomic E-state index is 13.3. The Balaban J connectivity index is 0.652. The molecule has 71 heavy (non-hydrogen) atoms. The number of hydrogen-bond acceptors (Lipinski definition) is 12. The number of hydrogen-bond donors (Lipinski definition) is 4. The van der Waals surface area contributed by atoms with E-state index in [1.54, 1.807) is 42.5 Å². The molecule has 0 bridgehead atoms. The molecule has 5 aromatic rings. The van der Waals surface area contributed by atoms with Crippen molar-refractivity contribution in [3.8, 4) is 17.2 Å². The zero-order valence-corrected chi connectivity index (χ0v) is 40.0. The standard InChI is InChI=1S/C54H60FN9O7/c1-70-48-31-41-44(57-23-17-47(41)71-39-13-11-38(12-14-39)59-53(69)54(20-21-54)52(68)58-37-9-7-36(55)8-10-37)32-46(48)63-25-18-35(19-26-63)33-62-29-27-61(28-30-62)24-3-2-22-56-43-6-4-5-40-42(43)34-64(51(40)67)45-15-16-49(65)60-50(45)66/h4-14,17,23,31-32,35,45,56H,2-3,15-16,18-22,24-30,33-34H2,1H3,(H,58,68)(H,59,69)(H,60,65,66)/t45-/m0/s1. The topological polar surface area (TPSA) is 178 Å². The summed E-state index contributed by atoms with van der Waals surface area (Å²) in [6.07, 6.45) is 7.47. The van der Waals surface area contributed by atoms with Crippen LogP contribution in [0.5, 0.6) is 17.2 Å². The lowest BCUT2D eigenvalue weighted by Crippen LogP contribution is -2.52. The molecule has 1 aromatic heterocycles. The number of unbranched alkanes of at least 4 members (excludes halogenated alkanes) is 1. The van der Waals surface area contributed by atoms with Gasteiger partial charge in [0.1, 0.15) is 34.5 Å². The average Bonchev–Trinajstić information content (AvgIpc) is 4.14. The fourth-order valence-electron chi connectivity index (χ4n) is 10.4. The van der Waals surface area contributed by atoms with Crippen molar-refractivity contribution in [1.29, 1.82) is 0 Å². The lowest BCUT2D eigenvalue weighted by molar-refractivity contribution is -0.137. The van der Waals surface area contributed by atoms with E-state index in [1.807, 2.05) is 30.3 Å². The predicted molar refractivity (Wildman–Crippen MR) is 268 cm³/mol. The molecule has 1 aliphatic carbocycles. The molecule has 4 aromatic carbocycles. The Hall–Kier alpha value is -7.11. The second-order valence-electron chi connectivity index (χ2n) is 19.4. The third kappa shape index (κ3) is 10.5. The first-order valence-corrected chi connectivity index (χ1v) is 24.9. The van der Waals surface area contributed by atoms with Crippen molar-refractivity contribution in [1.82, 2.24) is 25.0 Å². The van der Waals surface area contributed by atoms with Crippen molar-refractivity contribution in [2.75, 3.05) is 86.9 Å². The molecule has 5 aliphatic rings. The first kappa shape index (κ1) is 47.6. The predicted octanol–water partition coefficient (Wildman–Crippen LogP) is 7.02. The summed E-state index contributed by atoms with van der Waals surface area (Å²) in [4.78, 5) is 77.5. The number of anilines is 4. The van der Waals surface area contributed by atoms with E-state index in [0.717, 1.165) is 118 Å². The number of methoxy groups -OCH3 is 1. The SMILES string of the molecule is COc1cc2c(Oc3ccc(NC(=O)C4(C(=O)Nc5ccc(F)cc5)CC4)cc3)ccnc2cc1N1CCC(CN2CCN(CCCCNc3cccc4c3CN([C@H]3CCC(=O)NC3=O)C4=O)CC2)CC1. The van der Waals surface area contributed by atoms with E-state index in [1.165, 1.54) is 24.3 Å². The summed E-state index contributed by atoms with van der Waals surface area (Å²) in [7, 11) is 1.69. The van der Waals surface area contributed by atoms with Crippen LogP contribution in [-0.4, -0.2) is 121 Å². The number of ether oxygens (including phenoxy) is 2. The van der Waals surface area contributed by atoms with Gasteiger partial charge in [-0.25, -0.2) is 4.39 Å². The Morgan fingerprint density at radius 3 is 2.21 bits per heavy atom. The fourth-order valence-corrected chi connectivity index (χ4v) is 10.4. The number of carbonyl (C=O) groups excluding carboxylic acids is 5. The Morgan fingerprint density at radius 1 is 0.817 bits per heavy atom. The van der Waals surface area contributed by atoms with E-state index in [2.05, 4.69) is 42.0 Å². The third-order valence-electron chi connectivity index (χ3n) is 14.8. The summed E-state index contributed by atoms with van der Waals surface area (Å²) < 4.78 is 25.7. The molecule has 0 radical (unpaired) electrons. The number of rotatable bonds is 17. The molecule has 5 amide bonds. The summed E-state index contributed by atoms with van der Waals surface area (Å²) in [6, 6.07) is 23.5. The number of piperazine rings is 1. The van der Waals surface area contributed by atoms with Crippen LogP contribution >= 0.6 is 0 Å². The summed E-state index contributed by atoms with van der Waals surface area (Å²) >= 11 is 0. The Labute approximate surface area is 412 Å². The molecule has 5 heterocycles. The van der Waals surface area contributed by atoms with Gasteiger partial charge in [-0.15, -0.1) is 0 Å². The van der Waals surface area contributed by atoms with Crippen molar-refractivity contribution in [3.63, 3.8) is 0 Å². The molecule has 1 saturated carbocycles. The molecule has 10 rings (SSSR count). The first-order valence-electron chi connectivity index (χ1n) is 24.9. The van der Waals surface area contributed by atoms with Crippen molar-refractivity contribution in [2.24, 2.45) is 11.3 Å². The summed E-state index contributed by atoms with van der Waals surface area (Å²) in [5.41, 5.74) is 4.10. The molecule has 0 unspecified atom stereocenters. The Morgan fingerprint density at radius 2 is 1.52 bits per heavy atom. The van der Waals surface area contributed by atoms with Crippen LogP contribution in [0.2, 0.25) is 0 Å². The lowest BCUT2D eigenvalue weighted by atomic mass is 9.95. The number of fused-ring (bicyclic) bond motifs is 2. The molecule has 370 valence electrons. The highest BCUT2D eigenvalue weighted by molar-refractivity contribution is 6.17. The molecular formula is C54H60FN9O7. The van der Waals surface area contributed by atoms with Gasteiger partial charge in [0, 0.05) is 105 Å². The van der Waals surface area contributed by atoms with Crippen LogP contribution in [0, 0.1) is 17.2 Å². The quantitative estimate of drug-likeness (QED) is 0.0426. The highest BCUT2D eigenvalue weighted by Gasteiger charge is 2.56. The smallest absolute Gasteiger partial charge is 0.255 e. The maximum atomic E-state index is 13.3. The number of aromatic nitrogens is 1. The lowest BCUT2D eigenvalue weighted by Gasteiger charge is -2.39. The minimum atomic E-state index is -1.17. The van der Waals surface area contributed by atoms with Gasteiger partial charge in [0.05, 0.1) is 18.3 Å². The third-order valence-corrected chi connectivity index (χ3v) is 14.8. The van der Waals surface area contributed by atoms with Crippen LogP contribution in [-0.2, 0) is 25.7 Å². The number of carbonyl (C=O) groups is 5. The number of halogens is 1. The highest BCUT2D eigenvalue weighted by Crippen LogP contribution is 2.48. The second kappa shape index (κ2) is 20.7. The minimum Gasteiger partial charge on any atom is -0.495 e. The van der Waals surface area contributed by atoms with Gasteiger partial charge >= 0.3 is 0 Å². The molecule has 3 saturated heterocycles. The molecule has 4 aliphatic heterocycles. The molecule has 1 atom stereocenters. The summed E-state index contributed by atoms with van der Waals surface area (Å²) in [5, 5.41) is 12.4. The molecule has 4 N–H and O–H groups in total. The number of pyridine rings is 1. The Kier molecular flexibility index (Phi) is 13.9. The molecule has 17 heteroatoms. The number of piperidine rings is 2. The van der Waals surface area contributed by atoms with E-state index in [0.29, 0.717) is 60.2 Å². The number of amides is 5. The van der Waals surface area contributed by atoms with Crippen LogP contribution in [0.1, 0.15) is 67.3 Å². The molecule has 4 fully saturated rings. The second-order valence-corrected chi connectivity index (χ2v) is 19.4. The van der Waals surface area contributed by atoms with E-state index in [-0.39, 0.29) is 24.1 Å². The average molecular weight is 966 g/mol. The summed E-state index contributed by atoms with van der Waals surface area (Å²) in [5.74, 6) is 0.535. The van der Waals surface area contributed by atoms with Crippen molar-refractivity contribution < 1.29 is 37.8 Å². The van der Waals surface area contributed by atoms with Crippen LogP contribution in [0.3, 0.4) is 0 Å². The molecule has 0 spiro atoms. The fraction of sp³-hybridized carbons (Fsp3) is 0.407. The van der Waals surface area contributed by atoms with Crippen molar-refractivity contribution in [2.45, 2.75) is 64.0 Å². The van der Waals surface area contributed by atoms with Gasteiger partial charge in [-0.05, 0) is 136 Å².